The molecular formula is C24H29N5O2. The minimum absolute atomic E-state index is 0.101. The molecule has 7 heteroatoms. The van der Waals surface area contributed by atoms with Crippen LogP contribution in [0.15, 0.2) is 36.7 Å². The number of para-hydroxylation sites is 1. The van der Waals surface area contributed by atoms with E-state index in [1.54, 1.807) is 13.4 Å². The predicted molar refractivity (Wildman–Crippen MR) is 120 cm³/mol. The number of H-pyrrole nitrogens is 1. The lowest BCUT2D eigenvalue weighted by molar-refractivity contribution is 0.109. The summed E-state index contributed by atoms with van der Waals surface area (Å²) in [7, 11) is 1.79. The molecule has 2 N–H and O–H groups in total. The van der Waals surface area contributed by atoms with Crippen LogP contribution in [0.3, 0.4) is 0 Å². The SMILES string of the molecule is COC[C@H]1CCN([C@H]2COc3ccccc3[C@@H]2Nc2ncnc3[nH]c(C4CC4)cc23)C1. The van der Waals surface area contributed by atoms with Gasteiger partial charge in [0.2, 0.25) is 0 Å². The highest BCUT2D eigenvalue weighted by Gasteiger charge is 2.38. The standard InChI is InChI=1S/C24H29N5O2/c1-30-12-15-8-9-29(11-15)20-13-31-21-5-3-2-4-17(21)22(20)28-24-18-10-19(16-6-7-16)27-23(18)25-14-26-24/h2-5,10,14-16,20,22H,6-9,11-13H2,1H3,(H2,25,26,27,28)/t15-,20-,22-/m0/s1. The van der Waals surface area contributed by atoms with Gasteiger partial charge >= 0.3 is 0 Å². The molecule has 1 saturated heterocycles. The number of aromatic nitrogens is 3. The molecule has 1 saturated carbocycles. The molecule has 1 aromatic carbocycles. The van der Waals surface area contributed by atoms with Gasteiger partial charge in [-0.05, 0) is 49.8 Å². The van der Waals surface area contributed by atoms with Gasteiger partial charge in [0.1, 0.15) is 30.1 Å². The van der Waals surface area contributed by atoms with Crippen molar-refractivity contribution in [3.63, 3.8) is 0 Å². The van der Waals surface area contributed by atoms with Crippen molar-refractivity contribution < 1.29 is 9.47 Å². The van der Waals surface area contributed by atoms with Crippen molar-refractivity contribution in [1.82, 2.24) is 19.9 Å². The summed E-state index contributed by atoms with van der Waals surface area (Å²) >= 11 is 0. The summed E-state index contributed by atoms with van der Waals surface area (Å²) in [4.78, 5) is 15.2. The van der Waals surface area contributed by atoms with Crippen LogP contribution in [0, 0.1) is 5.92 Å². The van der Waals surface area contributed by atoms with Crippen molar-refractivity contribution in [2.75, 3.05) is 38.7 Å². The third-order valence-corrected chi connectivity index (χ3v) is 6.99. The van der Waals surface area contributed by atoms with Crippen molar-refractivity contribution >= 4 is 16.9 Å². The summed E-state index contributed by atoms with van der Waals surface area (Å²) in [5.41, 5.74) is 3.39. The molecule has 1 aliphatic carbocycles. The molecule has 2 fully saturated rings. The van der Waals surface area contributed by atoms with Crippen LogP contribution in [0.1, 0.15) is 42.5 Å². The van der Waals surface area contributed by atoms with E-state index in [9.17, 15) is 0 Å². The first-order chi connectivity index (χ1) is 15.3. The van der Waals surface area contributed by atoms with Crippen molar-refractivity contribution in [2.24, 2.45) is 5.92 Å². The Kier molecular flexibility index (Phi) is 4.80. The van der Waals surface area contributed by atoms with Crippen LogP contribution in [-0.4, -0.2) is 59.3 Å². The highest BCUT2D eigenvalue weighted by molar-refractivity contribution is 5.88. The van der Waals surface area contributed by atoms with E-state index < -0.39 is 0 Å². The molecular weight excluding hydrogens is 390 g/mol. The number of anilines is 1. The van der Waals surface area contributed by atoms with Gasteiger partial charge < -0.3 is 19.8 Å². The molecule has 0 spiro atoms. The Balaban J connectivity index is 1.34. The maximum absolute atomic E-state index is 6.19. The molecule has 6 rings (SSSR count). The number of likely N-dealkylation sites (tertiary alicyclic amines) is 1. The lowest BCUT2D eigenvalue weighted by Gasteiger charge is -2.39. The van der Waals surface area contributed by atoms with Crippen LogP contribution in [0.5, 0.6) is 5.75 Å². The van der Waals surface area contributed by atoms with E-state index in [0.29, 0.717) is 18.4 Å². The number of rotatable bonds is 6. The van der Waals surface area contributed by atoms with Gasteiger partial charge in [0, 0.05) is 24.9 Å². The number of aromatic amines is 1. The Morgan fingerprint density at radius 2 is 2.13 bits per heavy atom. The predicted octanol–water partition coefficient (Wildman–Crippen LogP) is 3.72. The van der Waals surface area contributed by atoms with Crippen molar-refractivity contribution in [3.8, 4) is 5.75 Å². The summed E-state index contributed by atoms with van der Waals surface area (Å²) in [5.74, 6) is 3.09. The minimum atomic E-state index is 0.101. The van der Waals surface area contributed by atoms with Crippen molar-refractivity contribution in [3.05, 3.63) is 47.9 Å². The van der Waals surface area contributed by atoms with E-state index in [2.05, 4.69) is 49.4 Å². The molecule has 4 heterocycles. The van der Waals surface area contributed by atoms with E-state index in [4.69, 9.17) is 9.47 Å². The summed E-state index contributed by atoms with van der Waals surface area (Å²) in [6.07, 6.45) is 5.34. The molecule has 31 heavy (non-hydrogen) atoms. The smallest absolute Gasteiger partial charge is 0.143 e. The third-order valence-electron chi connectivity index (χ3n) is 6.99. The van der Waals surface area contributed by atoms with E-state index in [1.165, 1.54) is 30.5 Å². The van der Waals surface area contributed by atoms with E-state index >= 15 is 0 Å². The number of hydrogen-bond acceptors (Lipinski definition) is 6. The fourth-order valence-electron chi connectivity index (χ4n) is 5.21. The molecule has 0 amide bonds. The van der Waals surface area contributed by atoms with Gasteiger partial charge in [-0.2, -0.15) is 0 Å². The molecule has 0 radical (unpaired) electrons. The second-order valence-corrected chi connectivity index (χ2v) is 9.13. The molecule has 3 aliphatic rings. The Morgan fingerprint density at radius 1 is 1.23 bits per heavy atom. The van der Waals surface area contributed by atoms with Gasteiger partial charge in [0.15, 0.2) is 0 Å². The third kappa shape index (κ3) is 3.55. The lowest BCUT2D eigenvalue weighted by Crippen LogP contribution is -2.47. The molecule has 0 bridgehead atoms. The fraction of sp³-hybridized carbons (Fsp3) is 0.500. The van der Waals surface area contributed by atoms with E-state index in [-0.39, 0.29) is 12.1 Å². The summed E-state index contributed by atoms with van der Waals surface area (Å²) in [6.45, 7) is 3.59. The Morgan fingerprint density at radius 3 is 3.00 bits per heavy atom. The molecule has 2 aromatic heterocycles. The molecule has 3 atom stereocenters. The normalized spacial score (nSPS) is 26.0. The number of hydrogen-bond donors (Lipinski definition) is 2. The van der Waals surface area contributed by atoms with Crippen LogP contribution in [0.25, 0.3) is 11.0 Å². The van der Waals surface area contributed by atoms with Crippen molar-refractivity contribution in [1.29, 1.82) is 0 Å². The zero-order valence-electron chi connectivity index (χ0n) is 17.9. The second-order valence-electron chi connectivity index (χ2n) is 9.13. The zero-order chi connectivity index (χ0) is 20.8. The highest BCUT2D eigenvalue weighted by atomic mass is 16.5. The van der Waals surface area contributed by atoms with Crippen molar-refractivity contribution in [2.45, 2.75) is 37.3 Å². The number of methoxy groups -OCH3 is 1. The number of benzene rings is 1. The van der Waals surface area contributed by atoms with Gasteiger partial charge in [-0.25, -0.2) is 9.97 Å². The number of nitrogens with zero attached hydrogens (tertiary/aromatic N) is 3. The van der Waals surface area contributed by atoms with Gasteiger partial charge in [-0.15, -0.1) is 0 Å². The van der Waals surface area contributed by atoms with Gasteiger partial charge in [0.05, 0.1) is 24.1 Å². The quantitative estimate of drug-likeness (QED) is 0.634. The van der Waals surface area contributed by atoms with Crippen LogP contribution in [-0.2, 0) is 4.74 Å². The Labute approximate surface area is 182 Å². The van der Waals surface area contributed by atoms with E-state index in [0.717, 1.165) is 42.3 Å². The maximum atomic E-state index is 6.19. The first kappa shape index (κ1) is 19.1. The average Bonchev–Trinajstić information content (AvgIpc) is 3.38. The molecule has 2 aliphatic heterocycles. The first-order valence-electron chi connectivity index (χ1n) is 11.3. The van der Waals surface area contributed by atoms with Crippen LogP contribution >= 0.6 is 0 Å². The second kappa shape index (κ2) is 7.80. The van der Waals surface area contributed by atoms with Crippen LogP contribution < -0.4 is 10.1 Å². The summed E-state index contributed by atoms with van der Waals surface area (Å²) in [6, 6.07) is 10.9. The largest absolute Gasteiger partial charge is 0.491 e. The Hall–Kier alpha value is -2.64. The monoisotopic (exact) mass is 419 g/mol. The topological polar surface area (TPSA) is 75.3 Å². The maximum Gasteiger partial charge on any atom is 0.143 e. The number of nitrogens with one attached hydrogen (secondary N) is 2. The molecule has 3 aromatic rings. The summed E-state index contributed by atoms with van der Waals surface area (Å²) < 4.78 is 11.6. The summed E-state index contributed by atoms with van der Waals surface area (Å²) in [5, 5.41) is 4.88. The molecule has 162 valence electrons. The zero-order valence-corrected chi connectivity index (χ0v) is 17.9. The highest BCUT2D eigenvalue weighted by Crippen LogP contribution is 2.42. The number of fused-ring (bicyclic) bond motifs is 2. The fourth-order valence-corrected chi connectivity index (χ4v) is 5.21. The van der Waals surface area contributed by atoms with Gasteiger partial charge in [-0.1, -0.05) is 18.2 Å². The number of ether oxygens (including phenoxy) is 2. The average molecular weight is 420 g/mol. The first-order valence-corrected chi connectivity index (χ1v) is 11.3. The van der Waals surface area contributed by atoms with Gasteiger partial charge in [0.25, 0.3) is 0 Å². The lowest BCUT2D eigenvalue weighted by atomic mass is 9.95. The van der Waals surface area contributed by atoms with Gasteiger partial charge in [-0.3, -0.25) is 4.90 Å². The molecule has 0 unspecified atom stereocenters. The molecule has 7 nitrogen and oxygen atoms in total. The van der Waals surface area contributed by atoms with Crippen LogP contribution in [0.2, 0.25) is 0 Å². The van der Waals surface area contributed by atoms with Crippen LogP contribution in [0.4, 0.5) is 5.82 Å². The van der Waals surface area contributed by atoms with E-state index in [1.807, 2.05) is 6.07 Å². The Bertz CT molecular complexity index is 1080. The minimum Gasteiger partial charge on any atom is -0.491 e.